The predicted octanol–water partition coefficient (Wildman–Crippen LogP) is -3.21. The third kappa shape index (κ3) is 1530. The van der Waals surface area contributed by atoms with E-state index >= 15 is 0 Å². The Labute approximate surface area is 46.0 Å². The van der Waals surface area contributed by atoms with Gasteiger partial charge in [-0.1, -0.05) is 6.55 Å². The lowest BCUT2D eigenvalue weighted by Crippen LogP contribution is -2.07. The first-order chi connectivity index (χ1) is 3.15. The lowest BCUT2D eigenvalue weighted by Gasteiger charge is -1.74. The summed E-state index contributed by atoms with van der Waals surface area (Å²) in [7, 11) is -3.72. The Bertz CT molecular complexity index is 20.9. The zero-order chi connectivity index (χ0) is 6.28. The van der Waals surface area contributed by atoms with Crippen LogP contribution in [0.15, 0.2) is 0 Å². The third-order valence-corrected chi connectivity index (χ3v) is 0. The van der Waals surface area contributed by atoms with E-state index in [4.69, 9.17) is 19.2 Å². The topological polar surface area (TPSA) is 80.9 Å². The maximum atomic E-state index is 7.71. The van der Waals surface area contributed by atoms with Crippen LogP contribution in [0, 0.1) is 0 Å². The summed E-state index contributed by atoms with van der Waals surface area (Å²) in [5.74, 6) is 0. The van der Waals surface area contributed by atoms with E-state index in [-0.39, 0.29) is 0 Å². The molecule has 0 aliphatic carbocycles. The van der Waals surface area contributed by atoms with E-state index < -0.39 is 19.3 Å². The Balaban J connectivity index is 0. The molecule has 0 rings (SSSR count). The summed E-state index contributed by atoms with van der Waals surface area (Å²) >= 11 is 0. The molecule has 0 aromatic rings. The van der Waals surface area contributed by atoms with Crippen molar-refractivity contribution in [3.05, 3.63) is 0 Å². The van der Waals surface area contributed by atoms with Gasteiger partial charge in [0.05, 0.1) is 0 Å². The van der Waals surface area contributed by atoms with Crippen molar-refractivity contribution < 1.29 is 19.2 Å². The summed E-state index contributed by atoms with van der Waals surface area (Å²) in [5.41, 5.74) is 0. The average Bonchev–Trinajstić information content (AvgIpc) is 1.33. The molecule has 0 saturated carbocycles. The van der Waals surface area contributed by atoms with Crippen molar-refractivity contribution in [3.8, 4) is 0 Å². The third-order valence-electron chi connectivity index (χ3n) is 0. The largest absolute Gasteiger partial charge is 0.475 e. The van der Waals surface area contributed by atoms with Crippen LogP contribution in [-0.4, -0.2) is 38.5 Å². The molecule has 0 radical (unpaired) electrons. The second kappa shape index (κ2) is 9.55. The Hall–Kier alpha value is 0.274. The normalized spacial score (nSPS) is 9.43. The molecule has 0 aliphatic heterocycles. The fourth-order valence-electron chi connectivity index (χ4n) is 0. The summed E-state index contributed by atoms with van der Waals surface area (Å²) in [6.07, 6.45) is 0. The predicted molar refractivity (Wildman–Crippen MR) is 30.4 cm³/mol. The molecule has 4 N–H and O–H groups in total. The van der Waals surface area contributed by atoms with Gasteiger partial charge < -0.3 is 19.2 Å². The smallest absolute Gasteiger partial charge is 0.438 e. The molecular weight excluding hydrogens is 132 g/mol. The van der Waals surface area contributed by atoms with Crippen molar-refractivity contribution in [3.63, 3.8) is 0 Å². The molecule has 0 fully saturated rings. The summed E-state index contributed by atoms with van der Waals surface area (Å²) < 4.78 is 0. The number of hydrogen-bond acceptors (Lipinski definition) is 4. The van der Waals surface area contributed by atoms with Crippen LogP contribution < -0.4 is 0 Å². The molecule has 0 aromatic carbocycles. The van der Waals surface area contributed by atoms with Crippen LogP contribution in [0.1, 0.15) is 0 Å². The number of rotatable bonds is 0. The van der Waals surface area contributed by atoms with Crippen molar-refractivity contribution in [1.82, 2.24) is 0 Å². The minimum Gasteiger partial charge on any atom is -0.438 e. The van der Waals surface area contributed by atoms with Gasteiger partial charge in [0, 0.05) is 0 Å². The molecule has 0 spiro atoms. The zero-order valence-electron chi connectivity index (χ0n) is 4.07. The molecular formula is CH10O4Si2. The maximum absolute atomic E-state index is 7.71. The SMILES string of the molecule is C[SiH2]O.O[SiH](O)O. The van der Waals surface area contributed by atoms with E-state index in [9.17, 15) is 0 Å². The fourth-order valence-corrected chi connectivity index (χ4v) is 0. The van der Waals surface area contributed by atoms with E-state index in [0.717, 1.165) is 0 Å². The van der Waals surface area contributed by atoms with Crippen molar-refractivity contribution in [2.24, 2.45) is 0 Å². The van der Waals surface area contributed by atoms with Crippen LogP contribution in [0.25, 0.3) is 0 Å². The van der Waals surface area contributed by atoms with E-state index in [1.165, 1.54) is 0 Å². The summed E-state index contributed by atoms with van der Waals surface area (Å²) in [5, 5.41) is 0. The molecule has 6 heteroatoms. The Morgan fingerprint density at radius 2 is 1.29 bits per heavy atom. The van der Waals surface area contributed by atoms with Crippen molar-refractivity contribution >= 4 is 19.3 Å². The quantitative estimate of drug-likeness (QED) is 0.268. The molecule has 7 heavy (non-hydrogen) atoms. The molecule has 0 bridgehead atoms. The fraction of sp³-hybridized carbons (Fsp3) is 1.00. The average molecular weight is 142 g/mol. The van der Waals surface area contributed by atoms with Crippen molar-refractivity contribution in [2.45, 2.75) is 6.55 Å². The molecule has 0 saturated heterocycles. The van der Waals surface area contributed by atoms with Crippen LogP contribution in [0.4, 0.5) is 0 Å². The van der Waals surface area contributed by atoms with E-state index in [1.807, 2.05) is 6.55 Å². The van der Waals surface area contributed by atoms with Crippen molar-refractivity contribution in [2.75, 3.05) is 0 Å². The molecule has 0 aromatic heterocycles. The van der Waals surface area contributed by atoms with E-state index in [2.05, 4.69) is 0 Å². The first-order valence-electron chi connectivity index (χ1n) is 1.80. The lowest BCUT2D eigenvalue weighted by atomic mass is 11.9. The first kappa shape index (κ1) is 10.3. The summed E-state index contributed by atoms with van der Waals surface area (Å²) in [6, 6.07) is 0. The van der Waals surface area contributed by atoms with E-state index in [1.54, 1.807) is 0 Å². The second-order valence-electron chi connectivity index (χ2n) is 0.663. The molecule has 0 unspecified atom stereocenters. The Morgan fingerprint density at radius 1 is 1.29 bits per heavy atom. The van der Waals surface area contributed by atoms with Gasteiger partial charge in [0.25, 0.3) is 0 Å². The highest BCUT2D eigenvalue weighted by atomic mass is 28.3. The lowest BCUT2D eigenvalue weighted by molar-refractivity contribution is 0.278. The monoisotopic (exact) mass is 142 g/mol. The molecule has 0 amide bonds. The van der Waals surface area contributed by atoms with E-state index in [0.29, 0.717) is 0 Å². The molecule has 46 valence electrons. The van der Waals surface area contributed by atoms with Crippen LogP contribution in [0.2, 0.25) is 6.55 Å². The highest BCUT2D eigenvalue weighted by Crippen LogP contribution is 1.40. The molecule has 0 heterocycles. The molecule has 0 aliphatic rings. The number of hydrogen-bond donors (Lipinski definition) is 4. The van der Waals surface area contributed by atoms with Gasteiger partial charge >= 0.3 is 9.53 Å². The highest BCUT2D eigenvalue weighted by molar-refractivity contribution is 6.30. The molecule has 4 nitrogen and oxygen atoms in total. The first-order valence-corrected chi connectivity index (χ1v) is 5.39. The Kier molecular flexibility index (Phi) is 14.0. The van der Waals surface area contributed by atoms with Gasteiger partial charge in [0.1, 0.15) is 0 Å². The zero-order valence-corrected chi connectivity index (χ0v) is 6.64. The molecule has 0 atom stereocenters. The standard InChI is InChI=1S/CH6OSi.H4O3Si/c1-3-2;1-4(2)3/h2H,3H2,1H3;1-4H. The van der Waals surface area contributed by atoms with Gasteiger partial charge in [-0.2, -0.15) is 0 Å². The van der Waals surface area contributed by atoms with Gasteiger partial charge in [0.2, 0.25) is 0 Å². The van der Waals surface area contributed by atoms with Gasteiger partial charge in [-0.25, -0.2) is 0 Å². The minimum atomic E-state index is -3.14. The second-order valence-corrected chi connectivity index (χ2v) is 1.99. The highest BCUT2D eigenvalue weighted by Gasteiger charge is 1.83. The Morgan fingerprint density at radius 3 is 1.29 bits per heavy atom. The van der Waals surface area contributed by atoms with Crippen LogP contribution in [0.5, 0.6) is 0 Å². The van der Waals surface area contributed by atoms with Gasteiger partial charge in [-0.3, -0.25) is 0 Å². The summed E-state index contributed by atoms with van der Waals surface area (Å²) in [4.78, 5) is 29.6. The summed E-state index contributed by atoms with van der Waals surface area (Å²) in [6.45, 7) is 1.82. The van der Waals surface area contributed by atoms with Crippen LogP contribution in [0.3, 0.4) is 0 Å². The minimum absolute atomic E-state index is 0.583. The van der Waals surface area contributed by atoms with Crippen molar-refractivity contribution in [1.29, 1.82) is 0 Å². The van der Waals surface area contributed by atoms with Gasteiger partial charge in [0.15, 0.2) is 9.76 Å². The van der Waals surface area contributed by atoms with Crippen LogP contribution in [-0.2, 0) is 0 Å². The maximum Gasteiger partial charge on any atom is 0.475 e. The van der Waals surface area contributed by atoms with Crippen LogP contribution >= 0.6 is 0 Å². The van der Waals surface area contributed by atoms with Gasteiger partial charge in [-0.05, 0) is 0 Å². The van der Waals surface area contributed by atoms with Gasteiger partial charge in [-0.15, -0.1) is 0 Å².